The Labute approximate surface area is 205 Å². The molecule has 0 radical (unpaired) electrons. The zero-order chi connectivity index (χ0) is 24.5. The van der Waals surface area contributed by atoms with Crippen LogP contribution >= 0.6 is 15.9 Å². The van der Waals surface area contributed by atoms with Crippen LogP contribution in [0, 0.1) is 6.92 Å². The summed E-state index contributed by atoms with van der Waals surface area (Å²) in [6.07, 6.45) is 0. The van der Waals surface area contributed by atoms with Gasteiger partial charge in [-0.15, -0.1) is 0 Å². The fourth-order valence-electron chi connectivity index (χ4n) is 2.99. The lowest BCUT2D eigenvalue weighted by Gasteiger charge is -2.13. The molecule has 0 unspecified atom stereocenters. The quantitative estimate of drug-likeness (QED) is 0.303. The third kappa shape index (κ3) is 6.90. The number of carbonyl (C=O) groups excluding carboxylic acids is 3. The zero-order valence-corrected chi connectivity index (χ0v) is 20.3. The predicted octanol–water partition coefficient (Wildman–Crippen LogP) is 4.11. The Balaban J connectivity index is 1.58. The summed E-state index contributed by atoms with van der Waals surface area (Å²) in [5.41, 5.74) is 7.40. The van der Waals surface area contributed by atoms with Gasteiger partial charge in [-0.3, -0.25) is 25.2 Å². The van der Waals surface area contributed by atoms with Crippen molar-refractivity contribution in [3.63, 3.8) is 0 Å². The molecule has 3 amide bonds. The van der Waals surface area contributed by atoms with E-state index < -0.39 is 11.8 Å². The molecule has 0 saturated carbocycles. The van der Waals surface area contributed by atoms with E-state index in [1.54, 1.807) is 61.7 Å². The number of benzene rings is 3. The Kier molecular flexibility index (Phi) is 8.78. The van der Waals surface area contributed by atoms with Gasteiger partial charge >= 0.3 is 0 Å². The normalized spacial score (nSPS) is 10.3. The molecule has 0 saturated heterocycles. The number of halogens is 1. The second-order valence-electron chi connectivity index (χ2n) is 7.29. The minimum atomic E-state index is -0.538. The highest BCUT2D eigenvalue weighted by molar-refractivity contribution is 9.10. The number of hydrogen-bond donors (Lipinski definition) is 3. The van der Waals surface area contributed by atoms with Crippen molar-refractivity contribution in [2.45, 2.75) is 6.92 Å². The van der Waals surface area contributed by atoms with Crippen molar-refractivity contribution < 1.29 is 23.9 Å². The molecular weight excluding hydrogens is 502 g/mol. The number of ether oxygens (including phenoxy) is 2. The largest absolute Gasteiger partial charge is 0.490 e. The summed E-state index contributed by atoms with van der Waals surface area (Å²) in [6.45, 7) is 2.56. The zero-order valence-electron chi connectivity index (χ0n) is 18.7. The molecule has 0 spiro atoms. The molecule has 0 heterocycles. The number of hydrazine groups is 1. The molecule has 0 fully saturated rings. The van der Waals surface area contributed by atoms with Crippen molar-refractivity contribution in [2.24, 2.45) is 0 Å². The van der Waals surface area contributed by atoms with Gasteiger partial charge in [-0.25, -0.2) is 0 Å². The van der Waals surface area contributed by atoms with E-state index in [9.17, 15) is 14.4 Å². The number of aryl methyl sites for hydroxylation is 1. The van der Waals surface area contributed by atoms with Crippen molar-refractivity contribution in [1.29, 1.82) is 0 Å². The Morgan fingerprint density at radius 1 is 0.824 bits per heavy atom. The van der Waals surface area contributed by atoms with E-state index in [2.05, 4.69) is 32.1 Å². The van der Waals surface area contributed by atoms with Crippen molar-refractivity contribution in [1.82, 2.24) is 10.9 Å². The first-order chi connectivity index (χ1) is 16.4. The van der Waals surface area contributed by atoms with Crippen molar-refractivity contribution in [3.05, 3.63) is 93.5 Å². The van der Waals surface area contributed by atoms with Gasteiger partial charge in [-0.05, 0) is 61.5 Å². The van der Waals surface area contributed by atoms with E-state index in [-0.39, 0.29) is 18.1 Å². The van der Waals surface area contributed by atoms with Crippen LogP contribution in [-0.2, 0) is 4.74 Å². The first-order valence-corrected chi connectivity index (χ1v) is 11.2. The SMILES string of the molecule is COCCOc1ccc(Br)cc1C(=O)NNC(=O)c1ccc(NC(=O)c2cccc(C)c2)cc1. The Morgan fingerprint density at radius 2 is 1.56 bits per heavy atom. The molecule has 3 N–H and O–H groups in total. The molecule has 0 aliphatic carbocycles. The molecule has 3 aromatic rings. The number of rotatable bonds is 8. The first-order valence-electron chi connectivity index (χ1n) is 10.4. The Bertz CT molecular complexity index is 1180. The van der Waals surface area contributed by atoms with E-state index >= 15 is 0 Å². The van der Waals surface area contributed by atoms with E-state index in [4.69, 9.17) is 9.47 Å². The second kappa shape index (κ2) is 12.0. The van der Waals surface area contributed by atoms with E-state index in [1.165, 1.54) is 0 Å². The van der Waals surface area contributed by atoms with Crippen LogP contribution in [0.25, 0.3) is 0 Å². The summed E-state index contributed by atoms with van der Waals surface area (Å²) in [5.74, 6) is -0.933. The van der Waals surface area contributed by atoms with Crippen LogP contribution in [0.15, 0.2) is 71.2 Å². The van der Waals surface area contributed by atoms with Crippen LogP contribution in [0.3, 0.4) is 0 Å². The minimum absolute atomic E-state index is 0.245. The minimum Gasteiger partial charge on any atom is -0.490 e. The van der Waals surface area contributed by atoms with Crippen molar-refractivity contribution in [3.8, 4) is 5.75 Å². The first kappa shape index (κ1) is 24.9. The fraction of sp³-hybridized carbons (Fsp3) is 0.160. The molecule has 0 bridgehead atoms. The maximum Gasteiger partial charge on any atom is 0.273 e. The second-order valence-corrected chi connectivity index (χ2v) is 8.21. The van der Waals surface area contributed by atoms with Gasteiger partial charge in [0.15, 0.2) is 0 Å². The van der Waals surface area contributed by atoms with Gasteiger partial charge in [0.05, 0.1) is 12.2 Å². The lowest BCUT2D eigenvalue weighted by Crippen LogP contribution is -2.41. The predicted molar refractivity (Wildman–Crippen MR) is 132 cm³/mol. The van der Waals surface area contributed by atoms with Crippen LogP contribution in [0.4, 0.5) is 5.69 Å². The lowest BCUT2D eigenvalue weighted by molar-refractivity contribution is 0.0842. The number of anilines is 1. The maximum absolute atomic E-state index is 12.6. The molecule has 34 heavy (non-hydrogen) atoms. The highest BCUT2D eigenvalue weighted by Gasteiger charge is 2.15. The summed E-state index contributed by atoms with van der Waals surface area (Å²) in [7, 11) is 1.55. The molecule has 9 heteroatoms. The maximum atomic E-state index is 12.6. The van der Waals surface area contributed by atoms with Crippen LogP contribution < -0.4 is 20.9 Å². The number of methoxy groups -OCH3 is 1. The Hall–Kier alpha value is -3.69. The Morgan fingerprint density at radius 3 is 2.26 bits per heavy atom. The smallest absolute Gasteiger partial charge is 0.273 e. The van der Waals surface area contributed by atoms with E-state index in [0.717, 1.165) is 5.56 Å². The third-order valence-corrected chi connectivity index (χ3v) is 5.20. The monoisotopic (exact) mass is 525 g/mol. The van der Waals surface area contributed by atoms with Gasteiger partial charge in [0.2, 0.25) is 0 Å². The van der Waals surface area contributed by atoms with Crippen molar-refractivity contribution in [2.75, 3.05) is 25.6 Å². The molecule has 176 valence electrons. The molecule has 0 aliphatic heterocycles. The van der Waals surface area contributed by atoms with Gasteiger partial charge in [0.25, 0.3) is 17.7 Å². The topological polar surface area (TPSA) is 106 Å². The van der Waals surface area contributed by atoms with E-state index in [1.807, 2.05) is 19.1 Å². The van der Waals surface area contributed by atoms with Crippen LogP contribution in [-0.4, -0.2) is 38.0 Å². The number of amides is 3. The van der Waals surface area contributed by atoms with Crippen LogP contribution in [0.1, 0.15) is 36.6 Å². The van der Waals surface area contributed by atoms with Gasteiger partial charge in [0.1, 0.15) is 12.4 Å². The highest BCUT2D eigenvalue weighted by atomic mass is 79.9. The lowest BCUT2D eigenvalue weighted by atomic mass is 10.1. The van der Waals surface area contributed by atoms with Crippen molar-refractivity contribution >= 4 is 39.3 Å². The molecule has 0 aromatic heterocycles. The average molecular weight is 526 g/mol. The molecule has 0 atom stereocenters. The molecular formula is C25H24BrN3O5. The van der Waals surface area contributed by atoms with Crippen LogP contribution in [0.2, 0.25) is 0 Å². The highest BCUT2D eigenvalue weighted by Crippen LogP contribution is 2.23. The van der Waals surface area contributed by atoms with Gasteiger partial charge < -0.3 is 14.8 Å². The average Bonchev–Trinajstić information content (AvgIpc) is 2.83. The van der Waals surface area contributed by atoms with Gasteiger partial charge in [0, 0.05) is 28.4 Å². The molecule has 3 rings (SSSR count). The number of carbonyl (C=O) groups is 3. The number of hydrogen-bond acceptors (Lipinski definition) is 5. The summed E-state index contributed by atoms with van der Waals surface area (Å²) >= 11 is 3.33. The summed E-state index contributed by atoms with van der Waals surface area (Å²) < 4.78 is 11.2. The number of nitrogens with one attached hydrogen (secondary N) is 3. The summed E-state index contributed by atoms with van der Waals surface area (Å²) in [5, 5.41) is 2.79. The van der Waals surface area contributed by atoms with Gasteiger partial charge in [-0.2, -0.15) is 0 Å². The molecule has 8 nitrogen and oxygen atoms in total. The van der Waals surface area contributed by atoms with E-state index in [0.29, 0.717) is 33.6 Å². The fourth-order valence-corrected chi connectivity index (χ4v) is 3.35. The summed E-state index contributed by atoms with van der Waals surface area (Å²) in [4.78, 5) is 37.5. The molecule has 3 aromatic carbocycles. The third-order valence-electron chi connectivity index (χ3n) is 4.71. The van der Waals surface area contributed by atoms with Crippen LogP contribution in [0.5, 0.6) is 5.75 Å². The standard InChI is InChI=1S/C25H24BrN3O5/c1-16-4-3-5-18(14-16)23(30)27-20-9-6-17(7-10-20)24(31)28-29-25(32)21-15-19(26)8-11-22(21)34-13-12-33-2/h3-11,14-15H,12-13H2,1-2H3,(H,27,30)(H,28,31)(H,29,32). The molecule has 0 aliphatic rings. The van der Waals surface area contributed by atoms with Gasteiger partial charge in [-0.1, -0.05) is 33.6 Å². The summed E-state index contributed by atoms with van der Waals surface area (Å²) in [6, 6.07) is 18.6.